The molecule has 0 aromatic heterocycles. The van der Waals surface area contributed by atoms with Crippen LogP contribution in [0.25, 0.3) is 0 Å². The standard InChI is InChI=1S/C15H29O2.ClH.Mg/c1-3-5-7-9-10-12-14-17-15-16-13-11-8-6-4-2;;/h6,8H,2-5,7,9-15H2,1H3;1H;/q-1;;+2/p-1/b8-6+;;. The fourth-order valence-electron chi connectivity index (χ4n) is 1.55. The third-order valence-electron chi connectivity index (χ3n) is 2.57. The molecular formula is C15H29ClMgO2. The van der Waals surface area contributed by atoms with Crippen LogP contribution in [-0.4, -0.2) is 43.1 Å². The molecule has 0 rings (SSSR count). The normalized spacial score (nSPS) is 10.2. The Morgan fingerprint density at radius 2 is 1.53 bits per heavy atom. The molecule has 0 radical (unpaired) electrons. The summed E-state index contributed by atoms with van der Waals surface area (Å²) in [6, 6.07) is 0. The van der Waals surface area contributed by atoms with E-state index in [9.17, 15) is 0 Å². The Morgan fingerprint density at radius 3 is 2.21 bits per heavy atom. The second kappa shape index (κ2) is 23.8. The van der Waals surface area contributed by atoms with Gasteiger partial charge in [0.1, 0.15) is 6.79 Å². The van der Waals surface area contributed by atoms with Gasteiger partial charge in [-0.25, -0.2) is 0 Å². The van der Waals surface area contributed by atoms with Gasteiger partial charge in [0.2, 0.25) is 0 Å². The molecule has 2 nitrogen and oxygen atoms in total. The van der Waals surface area contributed by atoms with E-state index in [4.69, 9.17) is 9.47 Å². The predicted molar refractivity (Wildman–Crippen MR) is 79.6 cm³/mol. The van der Waals surface area contributed by atoms with Crippen LogP contribution in [0.5, 0.6) is 0 Å². The predicted octanol–water partition coefficient (Wildman–Crippen LogP) is 1.13. The van der Waals surface area contributed by atoms with Crippen molar-refractivity contribution >= 4 is 23.1 Å². The summed E-state index contributed by atoms with van der Waals surface area (Å²) >= 11 is 0. The van der Waals surface area contributed by atoms with E-state index in [1.54, 1.807) is 0 Å². The number of unbranched alkanes of at least 4 members (excludes halogenated alkanes) is 5. The van der Waals surface area contributed by atoms with Crippen LogP contribution >= 0.6 is 0 Å². The van der Waals surface area contributed by atoms with Gasteiger partial charge in [-0.3, -0.25) is 0 Å². The minimum absolute atomic E-state index is 0. The van der Waals surface area contributed by atoms with Crippen LogP contribution in [0.15, 0.2) is 12.2 Å². The van der Waals surface area contributed by atoms with E-state index in [0.717, 1.165) is 32.5 Å². The van der Waals surface area contributed by atoms with Gasteiger partial charge >= 0.3 is 23.1 Å². The Hall–Kier alpha value is 0.716. The Bertz CT molecular complexity index is 166. The molecule has 110 valence electrons. The van der Waals surface area contributed by atoms with Gasteiger partial charge in [0.15, 0.2) is 0 Å². The molecule has 19 heavy (non-hydrogen) atoms. The third kappa shape index (κ3) is 24.1. The second-order valence-electron chi connectivity index (χ2n) is 4.25. The third-order valence-corrected chi connectivity index (χ3v) is 2.57. The molecule has 4 heteroatoms. The summed E-state index contributed by atoms with van der Waals surface area (Å²) < 4.78 is 10.7. The molecule has 0 spiro atoms. The van der Waals surface area contributed by atoms with Gasteiger partial charge in [-0.1, -0.05) is 45.1 Å². The first kappa shape index (κ1) is 24.7. The monoisotopic (exact) mass is 300 g/mol. The van der Waals surface area contributed by atoms with Crippen molar-refractivity contribution in [2.45, 2.75) is 58.3 Å². The van der Waals surface area contributed by atoms with E-state index in [1.165, 1.54) is 32.1 Å². The zero-order chi connectivity index (χ0) is 12.6. The molecule has 0 N–H and O–H groups in total. The largest absolute Gasteiger partial charge is 2.00 e. The topological polar surface area (TPSA) is 18.5 Å². The van der Waals surface area contributed by atoms with Crippen LogP contribution in [0.4, 0.5) is 0 Å². The smallest absolute Gasteiger partial charge is 1.00 e. The SMILES string of the molecule is [CH2-]C/C=C/CCOCOCCCCCCCC.[Cl-].[Mg+2]. The fraction of sp³-hybridized carbons (Fsp3) is 0.800. The maximum absolute atomic E-state index is 5.39. The number of hydrogen-bond donors (Lipinski definition) is 0. The molecule has 0 bridgehead atoms. The molecule has 0 unspecified atom stereocenters. The van der Waals surface area contributed by atoms with Gasteiger partial charge in [0, 0.05) is 6.61 Å². The molecule has 0 aliphatic heterocycles. The van der Waals surface area contributed by atoms with Crippen molar-refractivity contribution in [2.24, 2.45) is 0 Å². The first-order valence-electron chi connectivity index (χ1n) is 7.01. The van der Waals surface area contributed by atoms with Crippen molar-refractivity contribution < 1.29 is 21.9 Å². The minimum atomic E-state index is 0. The van der Waals surface area contributed by atoms with Crippen LogP contribution in [0.2, 0.25) is 0 Å². The van der Waals surface area contributed by atoms with Crippen molar-refractivity contribution in [2.75, 3.05) is 20.0 Å². The molecule has 0 atom stereocenters. The molecule has 0 saturated heterocycles. The van der Waals surface area contributed by atoms with Crippen molar-refractivity contribution in [3.8, 4) is 0 Å². The van der Waals surface area contributed by atoms with Crippen LogP contribution in [-0.2, 0) is 9.47 Å². The molecule has 0 amide bonds. The molecular weight excluding hydrogens is 272 g/mol. The van der Waals surface area contributed by atoms with E-state index < -0.39 is 0 Å². The van der Waals surface area contributed by atoms with Crippen LogP contribution in [0, 0.1) is 6.92 Å². The van der Waals surface area contributed by atoms with E-state index >= 15 is 0 Å². The Balaban J connectivity index is -0.00000128. The van der Waals surface area contributed by atoms with Gasteiger partial charge in [-0.05, 0) is 12.8 Å². The van der Waals surface area contributed by atoms with E-state index in [-0.39, 0.29) is 35.5 Å². The Morgan fingerprint density at radius 1 is 0.895 bits per heavy atom. The molecule has 0 fully saturated rings. The van der Waals surface area contributed by atoms with Crippen molar-refractivity contribution in [1.29, 1.82) is 0 Å². The van der Waals surface area contributed by atoms with Crippen molar-refractivity contribution in [3.63, 3.8) is 0 Å². The Kier molecular flexibility index (Phi) is 30.9. The summed E-state index contributed by atoms with van der Waals surface area (Å²) in [5, 5.41) is 0. The van der Waals surface area contributed by atoms with E-state index in [2.05, 4.69) is 26.0 Å². The van der Waals surface area contributed by atoms with Gasteiger partial charge in [0.25, 0.3) is 0 Å². The molecule has 0 aliphatic rings. The summed E-state index contributed by atoms with van der Waals surface area (Å²) in [6.07, 6.45) is 13.8. The van der Waals surface area contributed by atoms with Gasteiger partial charge in [0.05, 0.1) is 6.61 Å². The van der Waals surface area contributed by atoms with Crippen LogP contribution in [0.1, 0.15) is 58.3 Å². The maximum Gasteiger partial charge on any atom is 2.00 e. The van der Waals surface area contributed by atoms with Crippen LogP contribution in [0.3, 0.4) is 0 Å². The van der Waals surface area contributed by atoms with E-state index in [1.807, 2.05) is 0 Å². The zero-order valence-electron chi connectivity index (χ0n) is 12.5. The molecule has 0 aromatic carbocycles. The first-order valence-corrected chi connectivity index (χ1v) is 7.01. The number of hydrogen-bond acceptors (Lipinski definition) is 2. The van der Waals surface area contributed by atoms with E-state index in [0.29, 0.717) is 6.79 Å². The van der Waals surface area contributed by atoms with Crippen LogP contribution < -0.4 is 12.4 Å². The number of ether oxygens (including phenoxy) is 2. The maximum atomic E-state index is 5.39. The second-order valence-corrected chi connectivity index (χ2v) is 4.25. The number of allylic oxidation sites excluding steroid dienone is 1. The molecule has 0 aromatic rings. The summed E-state index contributed by atoms with van der Waals surface area (Å²) in [6.45, 7) is 7.99. The fourth-order valence-corrected chi connectivity index (χ4v) is 1.55. The average molecular weight is 301 g/mol. The molecule has 0 heterocycles. The minimum Gasteiger partial charge on any atom is -1.00 e. The van der Waals surface area contributed by atoms with Gasteiger partial charge in [-0.15, -0.1) is 6.08 Å². The quantitative estimate of drug-likeness (QED) is 0.167. The van der Waals surface area contributed by atoms with Crippen molar-refractivity contribution in [3.05, 3.63) is 19.1 Å². The molecule has 0 saturated carbocycles. The Labute approximate surface area is 142 Å². The zero-order valence-corrected chi connectivity index (χ0v) is 14.7. The molecule has 0 aliphatic carbocycles. The number of rotatable bonds is 13. The summed E-state index contributed by atoms with van der Waals surface area (Å²) in [7, 11) is 0. The summed E-state index contributed by atoms with van der Waals surface area (Å²) in [5.41, 5.74) is 0. The average Bonchev–Trinajstić information content (AvgIpc) is 2.35. The summed E-state index contributed by atoms with van der Waals surface area (Å²) in [4.78, 5) is 0. The van der Waals surface area contributed by atoms with Crippen molar-refractivity contribution in [1.82, 2.24) is 0 Å². The number of halogens is 1. The van der Waals surface area contributed by atoms with Gasteiger partial charge < -0.3 is 28.8 Å². The summed E-state index contributed by atoms with van der Waals surface area (Å²) in [5.74, 6) is 0. The van der Waals surface area contributed by atoms with Gasteiger partial charge in [-0.2, -0.15) is 6.42 Å². The first-order chi connectivity index (χ1) is 8.41.